The Morgan fingerprint density at radius 2 is 2.10 bits per heavy atom. The first-order valence-electron chi connectivity index (χ1n) is 5.96. The van der Waals surface area contributed by atoms with Crippen molar-refractivity contribution in [3.63, 3.8) is 0 Å². The molecule has 3 aromatic rings. The van der Waals surface area contributed by atoms with E-state index in [0.717, 1.165) is 6.20 Å². The molecule has 0 bridgehead atoms. The molecule has 1 aromatic carbocycles. The molecule has 8 heteroatoms. The monoisotopic (exact) mass is 306 g/mol. The van der Waals surface area contributed by atoms with Gasteiger partial charge in [-0.05, 0) is 24.3 Å². The Labute approximate surface area is 119 Å². The van der Waals surface area contributed by atoms with Gasteiger partial charge in [0.15, 0.2) is 5.82 Å². The molecule has 21 heavy (non-hydrogen) atoms. The summed E-state index contributed by atoms with van der Waals surface area (Å²) in [5.41, 5.74) is 6.59. The number of H-pyrrole nitrogens is 1. The van der Waals surface area contributed by atoms with Crippen molar-refractivity contribution in [3.05, 3.63) is 48.7 Å². The third kappa shape index (κ3) is 2.40. The molecule has 0 saturated heterocycles. The highest BCUT2D eigenvalue weighted by molar-refractivity contribution is 7.93. The van der Waals surface area contributed by atoms with Gasteiger partial charge in [-0.2, -0.15) is 0 Å². The maximum Gasteiger partial charge on any atom is 0.264 e. The van der Waals surface area contributed by atoms with Crippen LogP contribution >= 0.6 is 0 Å². The summed E-state index contributed by atoms with van der Waals surface area (Å²) in [5, 5.41) is 0.478. The van der Waals surface area contributed by atoms with Crippen molar-refractivity contribution in [2.75, 3.05) is 10.5 Å². The summed E-state index contributed by atoms with van der Waals surface area (Å²) in [4.78, 5) is 6.42. The summed E-state index contributed by atoms with van der Waals surface area (Å²) >= 11 is 0. The maximum atomic E-state index is 13.5. The molecule has 4 N–H and O–H groups in total. The van der Waals surface area contributed by atoms with Crippen LogP contribution in [-0.2, 0) is 10.0 Å². The van der Waals surface area contributed by atoms with E-state index in [1.54, 1.807) is 18.2 Å². The average molecular weight is 306 g/mol. The number of nitrogens with zero attached hydrogens (tertiary/aromatic N) is 1. The Kier molecular flexibility index (Phi) is 3.02. The van der Waals surface area contributed by atoms with E-state index < -0.39 is 15.8 Å². The molecule has 3 rings (SSSR count). The van der Waals surface area contributed by atoms with E-state index in [4.69, 9.17) is 5.73 Å². The predicted molar refractivity (Wildman–Crippen MR) is 77.7 cm³/mol. The number of pyridine rings is 1. The first-order chi connectivity index (χ1) is 9.97. The Morgan fingerprint density at radius 3 is 2.86 bits per heavy atom. The van der Waals surface area contributed by atoms with Gasteiger partial charge in [-0.15, -0.1) is 0 Å². The third-order valence-electron chi connectivity index (χ3n) is 2.97. The summed E-state index contributed by atoms with van der Waals surface area (Å²) in [6.45, 7) is 0. The summed E-state index contributed by atoms with van der Waals surface area (Å²) in [7, 11) is -3.92. The Balaban J connectivity index is 2.07. The SMILES string of the molecule is Nc1ccc2c(S(=O)(=O)Nc3ccncc3F)c[nH]c2c1. The van der Waals surface area contributed by atoms with Crippen LogP contribution in [0.2, 0.25) is 0 Å². The molecule has 0 spiro atoms. The smallest absolute Gasteiger partial charge is 0.264 e. The van der Waals surface area contributed by atoms with Crippen molar-refractivity contribution >= 4 is 32.3 Å². The summed E-state index contributed by atoms with van der Waals surface area (Å²) in [5.74, 6) is -0.745. The van der Waals surface area contributed by atoms with Crippen molar-refractivity contribution in [3.8, 4) is 0 Å². The molecule has 0 fully saturated rings. The predicted octanol–water partition coefficient (Wildman–Crippen LogP) is 2.08. The highest BCUT2D eigenvalue weighted by Crippen LogP contribution is 2.26. The van der Waals surface area contributed by atoms with Crippen LogP contribution in [0.5, 0.6) is 0 Å². The molecular formula is C13H11FN4O2S. The standard InChI is InChI=1S/C13H11FN4O2S/c14-10-6-16-4-3-11(10)18-21(19,20)13-7-17-12-5-8(15)1-2-9(12)13/h1-7,17H,15H2,(H,16,18). The van der Waals surface area contributed by atoms with Crippen LogP contribution in [0.15, 0.2) is 47.8 Å². The summed E-state index contributed by atoms with van der Waals surface area (Å²) < 4.78 is 40.4. The second kappa shape index (κ2) is 4.74. The van der Waals surface area contributed by atoms with Gasteiger partial charge in [0.1, 0.15) is 4.90 Å². The van der Waals surface area contributed by atoms with Gasteiger partial charge in [0.05, 0.1) is 11.9 Å². The molecule has 108 valence electrons. The Bertz CT molecular complexity index is 921. The Morgan fingerprint density at radius 1 is 1.29 bits per heavy atom. The van der Waals surface area contributed by atoms with Gasteiger partial charge in [0, 0.05) is 29.0 Å². The number of nitrogen functional groups attached to an aromatic ring is 1. The fourth-order valence-corrected chi connectivity index (χ4v) is 3.24. The van der Waals surface area contributed by atoms with Crippen LogP contribution in [-0.4, -0.2) is 18.4 Å². The highest BCUT2D eigenvalue weighted by atomic mass is 32.2. The number of fused-ring (bicyclic) bond motifs is 1. The van der Waals surface area contributed by atoms with Crippen LogP contribution < -0.4 is 10.5 Å². The van der Waals surface area contributed by atoms with Gasteiger partial charge in [-0.25, -0.2) is 12.8 Å². The van der Waals surface area contributed by atoms with Gasteiger partial charge >= 0.3 is 0 Å². The summed E-state index contributed by atoms with van der Waals surface area (Å²) in [6, 6.07) is 6.07. The van der Waals surface area contributed by atoms with E-state index in [0.29, 0.717) is 16.6 Å². The maximum absolute atomic E-state index is 13.5. The number of halogens is 1. The molecule has 0 aliphatic carbocycles. The molecule has 6 nitrogen and oxygen atoms in total. The minimum atomic E-state index is -3.92. The first kappa shape index (κ1) is 13.4. The van der Waals surface area contributed by atoms with Gasteiger partial charge < -0.3 is 10.7 Å². The molecular weight excluding hydrogens is 295 g/mol. The minimum Gasteiger partial charge on any atom is -0.399 e. The zero-order chi connectivity index (χ0) is 15.0. The number of benzene rings is 1. The van der Waals surface area contributed by atoms with Crippen molar-refractivity contribution in [2.24, 2.45) is 0 Å². The largest absolute Gasteiger partial charge is 0.399 e. The number of sulfonamides is 1. The molecule has 2 heterocycles. The highest BCUT2D eigenvalue weighted by Gasteiger charge is 2.20. The summed E-state index contributed by atoms with van der Waals surface area (Å²) in [6.07, 6.45) is 3.58. The lowest BCUT2D eigenvalue weighted by Crippen LogP contribution is -2.13. The minimum absolute atomic E-state index is 0.0220. The lowest BCUT2D eigenvalue weighted by atomic mass is 10.2. The third-order valence-corrected chi connectivity index (χ3v) is 4.38. The molecule has 0 atom stereocenters. The van der Waals surface area contributed by atoms with E-state index in [1.807, 2.05) is 0 Å². The zero-order valence-corrected chi connectivity index (χ0v) is 11.5. The van der Waals surface area contributed by atoms with Gasteiger partial charge in [0.25, 0.3) is 10.0 Å². The number of hydrogen-bond acceptors (Lipinski definition) is 4. The normalized spacial score (nSPS) is 11.7. The second-order valence-corrected chi connectivity index (χ2v) is 6.07. The fraction of sp³-hybridized carbons (Fsp3) is 0. The average Bonchev–Trinajstić information content (AvgIpc) is 2.85. The number of rotatable bonds is 3. The van der Waals surface area contributed by atoms with Crippen LogP contribution in [0.1, 0.15) is 0 Å². The first-order valence-corrected chi connectivity index (χ1v) is 7.44. The van der Waals surface area contributed by atoms with E-state index in [2.05, 4.69) is 14.7 Å². The number of aromatic nitrogens is 2. The van der Waals surface area contributed by atoms with E-state index >= 15 is 0 Å². The Hall–Kier alpha value is -2.61. The molecule has 0 amide bonds. The van der Waals surface area contributed by atoms with Gasteiger partial charge in [-0.1, -0.05) is 0 Å². The molecule has 0 unspecified atom stereocenters. The zero-order valence-electron chi connectivity index (χ0n) is 10.7. The number of hydrogen-bond donors (Lipinski definition) is 3. The molecule has 0 saturated carbocycles. The van der Waals surface area contributed by atoms with Crippen molar-refractivity contribution < 1.29 is 12.8 Å². The van der Waals surface area contributed by atoms with Gasteiger partial charge in [0.2, 0.25) is 0 Å². The van der Waals surface area contributed by atoms with Crippen LogP contribution in [0.4, 0.5) is 15.8 Å². The van der Waals surface area contributed by atoms with E-state index in [1.165, 1.54) is 18.5 Å². The van der Waals surface area contributed by atoms with Crippen molar-refractivity contribution in [1.82, 2.24) is 9.97 Å². The fourth-order valence-electron chi connectivity index (χ4n) is 2.00. The number of aromatic amines is 1. The lowest BCUT2D eigenvalue weighted by molar-refractivity contribution is 0.598. The molecule has 0 aliphatic rings. The topological polar surface area (TPSA) is 101 Å². The molecule has 2 aromatic heterocycles. The van der Waals surface area contributed by atoms with Crippen molar-refractivity contribution in [1.29, 1.82) is 0 Å². The number of nitrogens with one attached hydrogen (secondary N) is 2. The number of nitrogens with two attached hydrogens (primary N) is 1. The van der Waals surface area contributed by atoms with Crippen LogP contribution in [0.25, 0.3) is 10.9 Å². The van der Waals surface area contributed by atoms with Crippen LogP contribution in [0.3, 0.4) is 0 Å². The molecule has 0 aliphatic heterocycles. The van der Waals surface area contributed by atoms with Crippen LogP contribution in [0, 0.1) is 5.82 Å². The number of anilines is 2. The van der Waals surface area contributed by atoms with Crippen molar-refractivity contribution in [2.45, 2.75) is 4.90 Å². The second-order valence-electron chi connectivity index (χ2n) is 4.42. The molecule has 0 radical (unpaired) electrons. The lowest BCUT2D eigenvalue weighted by Gasteiger charge is -2.07. The van der Waals surface area contributed by atoms with E-state index in [9.17, 15) is 12.8 Å². The quantitative estimate of drug-likeness (QED) is 0.645. The van der Waals surface area contributed by atoms with E-state index in [-0.39, 0.29) is 10.6 Å². The van der Waals surface area contributed by atoms with Gasteiger partial charge in [-0.3, -0.25) is 9.71 Å².